The summed E-state index contributed by atoms with van der Waals surface area (Å²) in [6, 6.07) is 0. The number of amides is 1. The smallest absolute Gasteiger partial charge is 0.307 e. The minimum atomic E-state index is -0.437. The van der Waals surface area contributed by atoms with Gasteiger partial charge in [-0.05, 0) is 0 Å². The average molecular weight is 174 g/mol. The van der Waals surface area contributed by atoms with Crippen LogP contribution in [0.4, 0.5) is 0 Å². The van der Waals surface area contributed by atoms with Gasteiger partial charge in [0.05, 0.1) is 6.42 Å². The van der Waals surface area contributed by atoms with Crippen molar-refractivity contribution in [3.63, 3.8) is 0 Å². The SMILES string of the molecule is CN(C)C(=O)COC(=O)CCN. The first-order valence-electron chi connectivity index (χ1n) is 3.63. The van der Waals surface area contributed by atoms with E-state index in [0.717, 1.165) is 0 Å². The topological polar surface area (TPSA) is 72.6 Å². The molecule has 0 saturated carbocycles. The molecular weight excluding hydrogens is 160 g/mol. The lowest BCUT2D eigenvalue weighted by Gasteiger charge is -2.09. The molecule has 0 heterocycles. The van der Waals surface area contributed by atoms with Crippen molar-refractivity contribution in [1.82, 2.24) is 4.90 Å². The van der Waals surface area contributed by atoms with Crippen molar-refractivity contribution < 1.29 is 14.3 Å². The molecule has 0 aliphatic heterocycles. The maximum absolute atomic E-state index is 10.9. The van der Waals surface area contributed by atoms with Gasteiger partial charge in [0, 0.05) is 20.6 Å². The number of ether oxygens (including phenoxy) is 1. The molecule has 5 nitrogen and oxygen atoms in total. The van der Waals surface area contributed by atoms with Crippen LogP contribution < -0.4 is 5.73 Å². The van der Waals surface area contributed by atoms with Crippen LogP contribution in [-0.4, -0.2) is 44.0 Å². The van der Waals surface area contributed by atoms with Crippen molar-refractivity contribution in [2.45, 2.75) is 6.42 Å². The Morgan fingerprint density at radius 2 is 2.00 bits per heavy atom. The van der Waals surface area contributed by atoms with Gasteiger partial charge in [0.15, 0.2) is 6.61 Å². The number of hydrogen-bond donors (Lipinski definition) is 1. The van der Waals surface area contributed by atoms with E-state index in [0.29, 0.717) is 0 Å². The zero-order valence-electron chi connectivity index (χ0n) is 7.37. The molecule has 0 aromatic carbocycles. The molecular formula is C7H14N2O3. The predicted molar refractivity (Wildman–Crippen MR) is 43.3 cm³/mol. The first-order chi connectivity index (χ1) is 5.57. The summed E-state index contributed by atoms with van der Waals surface area (Å²) in [6.07, 6.45) is 0.153. The summed E-state index contributed by atoms with van der Waals surface area (Å²) >= 11 is 0. The Morgan fingerprint density at radius 3 is 2.42 bits per heavy atom. The molecule has 5 heteroatoms. The largest absolute Gasteiger partial charge is 0.456 e. The minimum absolute atomic E-state index is 0.153. The summed E-state index contributed by atoms with van der Waals surface area (Å²) in [4.78, 5) is 22.9. The molecule has 12 heavy (non-hydrogen) atoms. The van der Waals surface area contributed by atoms with Gasteiger partial charge < -0.3 is 15.4 Å². The lowest BCUT2D eigenvalue weighted by Crippen LogP contribution is -2.27. The first-order valence-corrected chi connectivity index (χ1v) is 3.63. The van der Waals surface area contributed by atoms with E-state index in [1.165, 1.54) is 4.90 Å². The third kappa shape index (κ3) is 4.68. The molecule has 0 radical (unpaired) electrons. The standard InChI is InChI=1S/C7H14N2O3/c1-9(2)6(10)5-12-7(11)3-4-8/h3-5,8H2,1-2H3. The normalized spacial score (nSPS) is 9.25. The van der Waals surface area contributed by atoms with Crippen molar-refractivity contribution in [3.05, 3.63) is 0 Å². The molecule has 0 aromatic heterocycles. The number of rotatable bonds is 4. The summed E-state index contributed by atoms with van der Waals surface area (Å²) in [6.45, 7) is 0.0425. The Hall–Kier alpha value is -1.10. The molecule has 0 rings (SSSR count). The molecule has 0 bridgehead atoms. The molecule has 0 aromatic rings. The number of likely N-dealkylation sites (N-methyl/N-ethyl adjacent to an activating group) is 1. The van der Waals surface area contributed by atoms with Gasteiger partial charge in [0.2, 0.25) is 0 Å². The van der Waals surface area contributed by atoms with Gasteiger partial charge in [-0.3, -0.25) is 9.59 Å². The van der Waals surface area contributed by atoms with E-state index in [-0.39, 0.29) is 25.5 Å². The highest BCUT2D eigenvalue weighted by atomic mass is 16.5. The quantitative estimate of drug-likeness (QED) is 0.553. The Bertz CT molecular complexity index is 168. The van der Waals surface area contributed by atoms with E-state index in [1.54, 1.807) is 14.1 Å². The Labute approximate surface area is 71.5 Å². The fraction of sp³-hybridized carbons (Fsp3) is 0.714. The van der Waals surface area contributed by atoms with E-state index in [2.05, 4.69) is 4.74 Å². The van der Waals surface area contributed by atoms with Crippen LogP contribution in [0.25, 0.3) is 0 Å². The Balaban J connectivity index is 3.54. The first kappa shape index (κ1) is 10.9. The van der Waals surface area contributed by atoms with Gasteiger partial charge in [0.25, 0.3) is 5.91 Å². The van der Waals surface area contributed by atoms with E-state index in [9.17, 15) is 9.59 Å². The molecule has 0 saturated heterocycles. The molecule has 70 valence electrons. The second kappa shape index (κ2) is 5.54. The second-order valence-corrected chi connectivity index (χ2v) is 2.49. The third-order valence-corrected chi connectivity index (χ3v) is 1.20. The van der Waals surface area contributed by atoms with Gasteiger partial charge in [-0.25, -0.2) is 0 Å². The lowest BCUT2D eigenvalue weighted by molar-refractivity contribution is -0.150. The fourth-order valence-electron chi connectivity index (χ4n) is 0.461. The molecule has 0 aliphatic rings. The molecule has 0 aliphatic carbocycles. The van der Waals surface area contributed by atoms with Crippen LogP contribution in [-0.2, 0) is 14.3 Å². The van der Waals surface area contributed by atoms with E-state index < -0.39 is 5.97 Å². The maximum Gasteiger partial charge on any atom is 0.307 e. The monoisotopic (exact) mass is 174 g/mol. The molecule has 0 spiro atoms. The lowest BCUT2D eigenvalue weighted by atomic mass is 10.4. The second-order valence-electron chi connectivity index (χ2n) is 2.49. The summed E-state index contributed by atoms with van der Waals surface area (Å²) in [5.74, 6) is -0.673. The Morgan fingerprint density at radius 1 is 1.42 bits per heavy atom. The molecule has 0 atom stereocenters. The minimum Gasteiger partial charge on any atom is -0.456 e. The van der Waals surface area contributed by atoms with Crippen molar-refractivity contribution in [2.24, 2.45) is 5.73 Å². The van der Waals surface area contributed by atoms with Crippen LogP contribution in [0.3, 0.4) is 0 Å². The van der Waals surface area contributed by atoms with Gasteiger partial charge in [-0.15, -0.1) is 0 Å². The van der Waals surface area contributed by atoms with E-state index in [4.69, 9.17) is 5.73 Å². The van der Waals surface area contributed by atoms with Crippen LogP contribution in [0, 0.1) is 0 Å². The number of nitrogens with two attached hydrogens (primary N) is 1. The number of carbonyl (C=O) groups excluding carboxylic acids is 2. The van der Waals surface area contributed by atoms with E-state index >= 15 is 0 Å². The van der Waals surface area contributed by atoms with Crippen LogP contribution in [0.5, 0.6) is 0 Å². The molecule has 0 unspecified atom stereocenters. The third-order valence-electron chi connectivity index (χ3n) is 1.20. The van der Waals surface area contributed by atoms with Crippen LogP contribution in [0.1, 0.15) is 6.42 Å². The van der Waals surface area contributed by atoms with Crippen molar-refractivity contribution in [1.29, 1.82) is 0 Å². The van der Waals surface area contributed by atoms with Crippen molar-refractivity contribution >= 4 is 11.9 Å². The van der Waals surface area contributed by atoms with Crippen LogP contribution >= 0.6 is 0 Å². The highest BCUT2D eigenvalue weighted by Crippen LogP contribution is 1.86. The molecule has 0 fully saturated rings. The zero-order chi connectivity index (χ0) is 9.56. The van der Waals surface area contributed by atoms with Crippen LogP contribution in [0.2, 0.25) is 0 Å². The van der Waals surface area contributed by atoms with Gasteiger partial charge >= 0.3 is 5.97 Å². The van der Waals surface area contributed by atoms with Crippen molar-refractivity contribution in [2.75, 3.05) is 27.2 Å². The van der Waals surface area contributed by atoms with Gasteiger partial charge in [0.1, 0.15) is 0 Å². The highest BCUT2D eigenvalue weighted by molar-refractivity contribution is 5.80. The highest BCUT2D eigenvalue weighted by Gasteiger charge is 2.07. The van der Waals surface area contributed by atoms with E-state index in [1.807, 2.05) is 0 Å². The van der Waals surface area contributed by atoms with Gasteiger partial charge in [-0.2, -0.15) is 0 Å². The Kier molecular flexibility index (Phi) is 5.03. The maximum atomic E-state index is 10.9. The number of nitrogens with zero attached hydrogens (tertiary/aromatic N) is 1. The summed E-state index contributed by atoms with van der Waals surface area (Å²) in [7, 11) is 3.19. The van der Waals surface area contributed by atoms with Gasteiger partial charge in [-0.1, -0.05) is 0 Å². The zero-order valence-corrected chi connectivity index (χ0v) is 7.37. The summed E-state index contributed by atoms with van der Waals surface area (Å²) in [5.41, 5.74) is 5.10. The summed E-state index contributed by atoms with van der Waals surface area (Å²) < 4.78 is 4.60. The molecule has 2 N–H and O–H groups in total. The fourth-order valence-corrected chi connectivity index (χ4v) is 0.461. The molecule has 1 amide bonds. The number of carbonyl (C=O) groups is 2. The predicted octanol–water partition coefficient (Wildman–Crippen LogP) is -1.03. The van der Waals surface area contributed by atoms with Crippen molar-refractivity contribution in [3.8, 4) is 0 Å². The number of hydrogen-bond acceptors (Lipinski definition) is 4. The average Bonchev–Trinajstić information content (AvgIpc) is 2.00. The summed E-state index contributed by atoms with van der Waals surface area (Å²) in [5, 5.41) is 0. The number of esters is 1. The van der Waals surface area contributed by atoms with Crippen LogP contribution in [0.15, 0.2) is 0 Å².